The molecule has 28 heavy (non-hydrogen) atoms. The smallest absolute Gasteiger partial charge is 0.251 e. The minimum atomic E-state index is -0.701. The number of rotatable bonds is 4. The second-order valence-corrected chi connectivity index (χ2v) is 7.96. The number of halogens is 2. The topological polar surface area (TPSA) is 53.5 Å². The lowest BCUT2D eigenvalue weighted by Gasteiger charge is -2.45. The Labute approximate surface area is 168 Å². The number of pyridine rings is 1. The Balaban J connectivity index is 1.65. The number of piperazine rings is 1. The number of aromatic nitrogens is 1. The molecule has 0 radical (unpaired) electrons. The molecule has 2 aromatic rings. The maximum atomic E-state index is 14.4. The quantitative estimate of drug-likeness (QED) is 0.784. The number of benzene rings is 1. The molecule has 146 valence electrons. The predicted molar refractivity (Wildman–Crippen MR) is 104 cm³/mol. The SMILES string of the molecule is Cc1ccc(CN2C(=O)CN(c3ncc(Cl)cc3F)C(=O)[C@@H]2C2CCC2)cc1. The first-order valence-corrected chi connectivity index (χ1v) is 9.79. The van der Waals surface area contributed by atoms with E-state index in [1.165, 1.54) is 11.1 Å². The van der Waals surface area contributed by atoms with Gasteiger partial charge in [0.2, 0.25) is 5.91 Å². The molecule has 2 aliphatic rings. The van der Waals surface area contributed by atoms with Gasteiger partial charge in [0.05, 0.1) is 5.02 Å². The molecule has 0 unspecified atom stereocenters. The van der Waals surface area contributed by atoms with Crippen molar-refractivity contribution in [1.29, 1.82) is 0 Å². The summed E-state index contributed by atoms with van der Waals surface area (Å²) in [5, 5.41) is 0.147. The van der Waals surface area contributed by atoms with Crippen LogP contribution in [-0.2, 0) is 16.1 Å². The third-order valence-electron chi connectivity index (χ3n) is 5.58. The van der Waals surface area contributed by atoms with Crippen molar-refractivity contribution in [3.63, 3.8) is 0 Å². The highest BCUT2D eigenvalue weighted by Crippen LogP contribution is 2.36. The molecule has 1 saturated heterocycles. The van der Waals surface area contributed by atoms with Crippen LogP contribution in [0.5, 0.6) is 0 Å². The van der Waals surface area contributed by atoms with Crippen LogP contribution in [-0.4, -0.2) is 34.3 Å². The number of hydrogen-bond acceptors (Lipinski definition) is 3. The normalized spacial score (nSPS) is 20.5. The van der Waals surface area contributed by atoms with Gasteiger partial charge in [0, 0.05) is 12.7 Å². The minimum Gasteiger partial charge on any atom is -0.324 e. The fourth-order valence-electron chi connectivity index (χ4n) is 3.83. The fraction of sp³-hybridized carbons (Fsp3) is 0.381. The van der Waals surface area contributed by atoms with Crippen LogP contribution in [0.1, 0.15) is 30.4 Å². The molecule has 4 rings (SSSR count). The highest BCUT2D eigenvalue weighted by atomic mass is 35.5. The summed E-state index contributed by atoms with van der Waals surface area (Å²) in [5.74, 6) is -1.21. The summed E-state index contributed by atoms with van der Waals surface area (Å²) in [6, 6.07) is 8.44. The van der Waals surface area contributed by atoms with Gasteiger partial charge in [-0.15, -0.1) is 0 Å². The maximum absolute atomic E-state index is 14.4. The highest BCUT2D eigenvalue weighted by Gasteiger charge is 2.46. The first-order valence-electron chi connectivity index (χ1n) is 9.41. The van der Waals surface area contributed by atoms with Crippen LogP contribution in [0.4, 0.5) is 10.2 Å². The zero-order valence-corrected chi connectivity index (χ0v) is 16.3. The molecule has 1 aromatic heterocycles. The van der Waals surface area contributed by atoms with Gasteiger partial charge < -0.3 is 4.90 Å². The van der Waals surface area contributed by atoms with Gasteiger partial charge in [-0.2, -0.15) is 0 Å². The van der Waals surface area contributed by atoms with E-state index in [1.54, 1.807) is 4.90 Å². The average molecular weight is 402 g/mol. The number of aryl methyl sites for hydroxylation is 1. The summed E-state index contributed by atoms with van der Waals surface area (Å²) in [7, 11) is 0. The van der Waals surface area contributed by atoms with Crippen molar-refractivity contribution in [3.8, 4) is 0 Å². The Morgan fingerprint density at radius 1 is 1.21 bits per heavy atom. The molecule has 2 heterocycles. The summed E-state index contributed by atoms with van der Waals surface area (Å²) >= 11 is 5.78. The van der Waals surface area contributed by atoms with E-state index in [9.17, 15) is 14.0 Å². The van der Waals surface area contributed by atoms with Crippen molar-refractivity contribution < 1.29 is 14.0 Å². The number of carbonyl (C=O) groups is 2. The zero-order valence-electron chi connectivity index (χ0n) is 15.6. The molecule has 0 spiro atoms. The van der Waals surface area contributed by atoms with Gasteiger partial charge in [0.1, 0.15) is 12.6 Å². The summed E-state index contributed by atoms with van der Waals surface area (Å²) in [5.41, 5.74) is 2.11. The Hall–Kier alpha value is -2.47. The van der Waals surface area contributed by atoms with E-state index in [1.807, 2.05) is 31.2 Å². The molecule has 2 fully saturated rings. The third-order valence-corrected chi connectivity index (χ3v) is 5.79. The van der Waals surface area contributed by atoms with Gasteiger partial charge >= 0.3 is 0 Å². The maximum Gasteiger partial charge on any atom is 0.251 e. The number of anilines is 1. The van der Waals surface area contributed by atoms with Crippen LogP contribution < -0.4 is 4.90 Å². The summed E-state index contributed by atoms with van der Waals surface area (Å²) < 4.78 is 14.4. The highest BCUT2D eigenvalue weighted by molar-refractivity contribution is 6.30. The van der Waals surface area contributed by atoms with Gasteiger partial charge in [-0.1, -0.05) is 47.9 Å². The average Bonchev–Trinajstić information content (AvgIpc) is 2.61. The molecule has 1 atom stereocenters. The van der Waals surface area contributed by atoms with Gasteiger partial charge in [0.25, 0.3) is 5.91 Å². The van der Waals surface area contributed by atoms with Crippen LogP contribution in [0, 0.1) is 18.7 Å². The van der Waals surface area contributed by atoms with E-state index < -0.39 is 11.9 Å². The lowest BCUT2D eigenvalue weighted by Crippen LogP contribution is -2.63. The largest absolute Gasteiger partial charge is 0.324 e. The molecule has 0 N–H and O–H groups in total. The summed E-state index contributed by atoms with van der Waals surface area (Å²) in [4.78, 5) is 33.1. The molecule has 1 aromatic carbocycles. The molecule has 0 bridgehead atoms. The minimum absolute atomic E-state index is 0.0973. The van der Waals surface area contributed by atoms with Gasteiger partial charge in [-0.05, 0) is 37.3 Å². The molecule has 2 amide bonds. The molecule has 1 saturated carbocycles. The standard InChI is InChI=1S/C21H21ClFN3O2/c1-13-5-7-14(8-6-13)11-25-18(27)12-26(20-17(23)9-16(22)10-24-20)21(28)19(25)15-3-2-4-15/h5-10,15,19H,2-4,11-12H2,1H3/t19-/m0/s1. The zero-order chi connectivity index (χ0) is 19.8. The first kappa shape index (κ1) is 18.9. The van der Waals surface area contributed by atoms with Crippen molar-refractivity contribution in [2.45, 2.75) is 38.8 Å². The van der Waals surface area contributed by atoms with E-state index in [0.29, 0.717) is 6.54 Å². The van der Waals surface area contributed by atoms with Crippen LogP contribution in [0.15, 0.2) is 36.5 Å². The second kappa shape index (κ2) is 7.51. The van der Waals surface area contributed by atoms with Crippen LogP contribution in [0.3, 0.4) is 0 Å². The van der Waals surface area contributed by atoms with E-state index in [0.717, 1.165) is 36.5 Å². The van der Waals surface area contributed by atoms with Crippen molar-refractivity contribution >= 4 is 29.2 Å². The lowest BCUT2D eigenvalue weighted by molar-refractivity contribution is -0.147. The molecular formula is C21H21ClFN3O2. The molecule has 1 aliphatic carbocycles. The fourth-order valence-corrected chi connectivity index (χ4v) is 3.97. The molecular weight excluding hydrogens is 381 g/mol. The predicted octanol–water partition coefficient (Wildman–Crippen LogP) is 3.73. The second-order valence-electron chi connectivity index (χ2n) is 7.53. The first-order chi connectivity index (χ1) is 13.4. The van der Waals surface area contributed by atoms with Crippen LogP contribution >= 0.6 is 11.6 Å². The molecule has 7 heteroatoms. The number of hydrogen-bond donors (Lipinski definition) is 0. The van der Waals surface area contributed by atoms with E-state index in [2.05, 4.69) is 4.98 Å². The summed E-state index contributed by atoms with van der Waals surface area (Å²) in [6.07, 6.45) is 4.10. The van der Waals surface area contributed by atoms with Gasteiger partial charge in [-0.3, -0.25) is 14.5 Å². The van der Waals surface area contributed by atoms with Crippen LogP contribution in [0.2, 0.25) is 5.02 Å². The van der Waals surface area contributed by atoms with E-state index in [4.69, 9.17) is 11.6 Å². The van der Waals surface area contributed by atoms with Gasteiger partial charge in [-0.25, -0.2) is 9.37 Å². The molecule has 1 aliphatic heterocycles. The van der Waals surface area contributed by atoms with Crippen molar-refractivity contribution in [1.82, 2.24) is 9.88 Å². The van der Waals surface area contributed by atoms with Gasteiger partial charge in [0.15, 0.2) is 11.6 Å². The summed E-state index contributed by atoms with van der Waals surface area (Å²) in [6.45, 7) is 2.15. The van der Waals surface area contributed by atoms with Crippen molar-refractivity contribution in [2.24, 2.45) is 5.92 Å². The third kappa shape index (κ3) is 3.49. The van der Waals surface area contributed by atoms with E-state index >= 15 is 0 Å². The number of carbonyl (C=O) groups excluding carboxylic acids is 2. The lowest BCUT2D eigenvalue weighted by atomic mass is 9.77. The monoisotopic (exact) mass is 401 g/mol. The van der Waals surface area contributed by atoms with Crippen molar-refractivity contribution in [3.05, 3.63) is 58.5 Å². The molecule has 5 nitrogen and oxygen atoms in total. The van der Waals surface area contributed by atoms with E-state index in [-0.39, 0.29) is 35.1 Å². The number of amides is 2. The van der Waals surface area contributed by atoms with Crippen LogP contribution in [0.25, 0.3) is 0 Å². The number of nitrogens with zero attached hydrogens (tertiary/aromatic N) is 3. The Kier molecular flexibility index (Phi) is 5.06. The Bertz CT molecular complexity index is 914. The van der Waals surface area contributed by atoms with Crippen molar-refractivity contribution in [2.75, 3.05) is 11.4 Å². The Morgan fingerprint density at radius 2 is 1.93 bits per heavy atom. The Morgan fingerprint density at radius 3 is 2.54 bits per heavy atom.